The zero-order chi connectivity index (χ0) is 22.6. The van der Waals surface area contributed by atoms with Gasteiger partial charge in [-0.05, 0) is 62.4 Å². The number of amidine groups is 1. The lowest BCUT2D eigenvalue weighted by Gasteiger charge is -2.27. The van der Waals surface area contributed by atoms with Crippen LogP contribution in [0.15, 0.2) is 41.5 Å². The van der Waals surface area contributed by atoms with E-state index in [0.717, 1.165) is 57.4 Å². The molecule has 0 unspecified atom stereocenters. The molecule has 9 nitrogen and oxygen atoms in total. The molecule has 0 aromatic heterocycles. The Bertz CT molecular complexity index is 780. The van der Waals surface area contributed by atoms with Gasteiger partial charge in [0.2, 0.25) is 6.41 Å². The lowest BCUT2D eigenvalue weighted by molar-refractivity contribution is -0.108. The summed E-state index contributed by atoms with van der Waals surface area (Å²) < 4.78 is 0. The molecule has 32 heavy (non-hydrogen) atoms. The lowest BCUT2D eigenvalue weighted by Crippen LogP contribution is -2.51. The van der Waals surface area contributed by atoms with Crippen LogP contribution in [-0.4, -0.2) is 68.0 Å². The smallest absolute Gasteiger partial charge is 0.323 e. The number of nitrogens with two attached hydrogens (primary N) is 1. The van der Waals surface area contributed by atoms with Gasteiger partial charge >= 0.3 is 6.03 Å². The van der Waals surface area contributed by atoms with Gasteiger partial charge in [-0.15, -0.1) is 0 Å². The zero-order valence-electron chi connectivity index (χ0n) is 18.6. The largest absolute Gasteiger partial charge is 0.335 e. The van der Waals surface area contributed by atoms with Gasteiger partial charge in [-0.2, -0.15) is 0 Å². The summed E-state index contributed by atoms with van der Waals surface area (Å²) in [6, 6.07) is 8.73. The van der Waals surface area contributed by atoms with Crippen molar-refractivity contribution < 1.29 is 9.59 Å². The molecule has 174 valence electrons. The first kappa shape index (κ1) is 23.9. The van der Waals surface area contributed by atoms with E-state index in [0.29, 0.717) is 37.4 Å². The van der Waals surface area contributed by atoms with E-state index in [1.165, 1.54) is 11.8 Å². The summed E-state index contributed by atoms with van der Waals surface area (Å²) in [4.78, 5) is 29.3. The lowest BCUT2D eigenvalue weighted by atomic mass is 9.92. The van der Waals surface area contributed by atoms with Crippen LogP contribution < -0.4 is 27.0 Å². The normalized spacial score (nSPS) is 22.0. The van der Waals surface area contributed by atoms with E-state index in [1.807, 2.05) is 12.1 Å². The molecule has 3 amide bonds. The molecule has 1 saturated heterocycles. The van der Waals surface area contributed by atoms with Crippen molar-refractivity contribution in [3.05, 3.63) is 42.1 Å². The molecule has 0 spiro atoms. The first-order valence-electron chi connectivity index (χ1n) is 11.4. The van der Waals surface area contributed by atoms with E-state index in [4.69, 9.17) is 5.73 Å². The highest BCUT2D eigenvalue weighted by Gasteiger charge is 2.18. The zero-order valence-corrected chi connectivity index (χ0v) is 18.6. The number of amides is 3. The number of urea groups is 1. The maximum absolute atomic E-state index is 12.5. The monoisotopic (exact) mass is 441 g/mol. The Labute approximate surface area is 189 Å². The number of nitrogens with one attached hydrogen (secondary N) is 4. The van der Waals surface area contributed by atoms with Crippen molar-refractivity contribution in [1.82, 2.24) is 26.2 Å². The summed E-state index contributed by atoms with van der Waals surface area (Å²) >= 11 is 0. The van der Waals surface area contributed by atoms with E-state index in [-0.39, 0.29) is 6.03 Å². The van der Waals surface area contributed by atoms with Gasteiger partial charge in [0.05, 0.1) is 5.69 Å². The van der Waals surface area contributed by atoms with Crippen molar-refractivity contribution in [3.63, 3.8) is 0 Å². The maximum Gasteiger partial charge on any atom is 0.323 e. The third-order valence-electron chi connectivity index (χ3n) is 5.85. The molecule has 1 aliphatic heterocycles. The Kier molecular flexibility index (Phi) is 9.67. The highest BCUT2D eigenvalue weighted by atomic mass is 16.2. The summed E-state index contributed by atoms with van der Waals surface area (Å²) in [5, 5.41) is 12.1. The van der Waals surface area contributed by atoms with Gasteiger partial charge in [0.25, 0.3) is 0 Å². The Hall–Kier alpha value is -2.75. The van der Waals surface area contributed by atoms with Crippen molar-refractivity contribution in [2.45, 2.75) is 44.2 Å². The Morgan fingerprint density at radius 2 is 1.88 bits per heavy atom. The van der Waals surface area contributed by atoms with Crippen LogP contribution in [0.3, 0.4) is 0 Å². The highest BCUT2D eigenvalue weighted by Crippen LogP contribution is 2.17. The van der Waals surface area contributed by atoms with Crippen molar-refractivity contribution in [1.29, 1.82) is 0 Å². The second kappa shape index (κ2) is 12.9. The number of carbonyl (C=O) groups is 2. The first-order chi connectivity index (χ1) is 15.6. The van der Waals surface area contributed by atoms with Gasteiger partial charge in [0.1, 0.15) is 5.84 Å². The minimum Gasteiger partial charge on any atom is -0.335 e. The predicted octanol–water partition coefficient (Wildman–Crippen LogP) is 0.993. The summed E-state index contributed by atoms with van der Waals surface area (Å²) in [7, 11) is 0. The Balaban J connectivity index is 1.54. The summed E-state index contributed by atoms with van der Waals surface area (Å²) in [5.74, 6) is 0.368. The van der Waals surface area contributed by atoms with E-state index in [1.54, 1.807) is 11.0 Å². The molecule has 1 aromatic rings. The molecule has 2 aliphatic rings. The SMILES string of the molecule is NC1CCC(NCCc2ccc(N=C(/C=C\NC=O)NC(=O)N3CCNCC3)cc2)CC1. The van der Waals surface area contributed by atoms with E-state index < -0.39 is 0 Å². The van der Waals surface area contributed by atoms with Gasteiger partial charge in [-0.3, -0.25) is 10.1 Å². The van der Waals surface area contributed by atoms with Crippen LogP contribution in [0.25, 0.3) is 0 Å². The quantitative estimate of drug-likeness (QED) is 0.234. The summed E-state index contributed by atoms with van der Waals surface area (Å²) in [6.45, 7) is 3.77. The molecule has 1 aliphatic carbocycles. The molecular weight excluding hydrogens is 406 g/mol. The molecule has 1 saturated carbocycles. The second-order valence-corrected chi connectivity index (χ2v) is 8.26. The molecule has 9 heteroatoms. The van der Waals surface area contributed by atoms with Crippen LogP contribution >= 0.6 is 0 Å². The van der Waals surface area contributed by atoms with E-state index in [2.05, 4.69) is 38.4 Å². The van der Waals surface area contributed by atoms with Crippen LogP contribution in [0.5, 0.6) is 0 Å². The van der Waals surface area contributed by atoms with Crippen molar-refractivity contribution >= 4 is 24.0 Å². The topological polar surface area (TPSA) is 124 Å². The third kappa shape index (κ3) is 8.07. The number of carbonyl (C=O) groups excluding carboxylic acids is 2. The van der Waals surface area contributed by atoms with Crippen molar-refractivity contribution in [2.75, 3.05) is 32.7 Å². The average Bonchev–Trinajstić information content (AvgIpc) is 2.82. The average molecular weight is 442 g/mol. The van der Waals surface area contributed by atoms with Gasteiger partial charge < -0.3 is 26.6 Å². The standard InChI is InChI=1S/C23H35N7O2/c24-19-3-7-20(8-4-19)27-12-9-18-1-5-21(6-2-18)28-22(10-11-26-17-31)29-23(32)30-15-13-25-14-16-30/h1-2,5-6,10-11,17,19-20,25,27H,3-4,7-9,12-16,24H2,(H,26,31)(H,28,29,32)/b11-10-. The van der Waals surface area contributed by atoms with Crippen LogP contribution in [-0.2, 0) is 11.2 Å². The van der Waals surface area contributed by atoms with E-state index >= 15 is 0 Å². The van der Waals surface area contributed by atoms with Gasteiger partial charge in [0, 0.05) is 44.5 Å². The fourth-order valence-electron chi connectivity index (χ4n) is 3.95. The number of hydrogen-bond donors (Lipinski definition) is 5. The number of hydrogen-bond acceptors (Lipinski definition) is 6. The molecular formula is C23H35N7O2. The van der Waals surface area contributed by atoms with Crippen molar-refractivity contribution in [3.8, 4) is 0 Å². The molecule has 0 bridgehead atoms. The van der Waals surface area contributed by atoms with Gasteiger partial charge in [-0.25, -0.2) is 9.79 Å². The molecule has 1 aromatic carbocycles. The minimum absolute atomic E-state index is 0.202. The van der Waals surface area contributed by atoms with E-state index in [9.17, 15) is 9.59 Å². The number of benzene rings is 1. The number of aliphatic imine (C=N–C) groups is 1. The van der Waals surface area contributed by atoms with Crippen LogP contribution in [0.4, 0.5) is 10.5 Å². The van der Waals surface area contributed by atoms with Crippen LogP contribution in [0, 0.1) is 0 Å². The van der Waals surface area contributed by atoms with Gasteiger partial charge in [0.15, 0.2) is 0 Å². The predicted molar refractivity (Wildman–Crippen MR) is 127 cm³/mol. The summed E-state index contributed by atoms with van der Waals surface area (Å²) in [6.07, 6.45) is 9.06. The first-order valence-corrected chi connectivity index (χ1v) is 11.4. The minimum atomic E-state index is -0.202. The number of piperazine rings is 1. The highest BCUT2D eigenvalue weighted by molar-refractivity contribution is 6.04. The third-order valence-corrected chi connectivity index (χ3v) is 5.85. The maximum atomic E-state index is 12.5. The van der Waals surface area contributed by atoms with Crippen LogP contribution in [0.1, 0.15) is 31.2 Å². The Morgan fingerprint density at radius 1 is 1.16 bits per heavy atom. The molecule has 0 radical (unpaired) electrons. The fraction of sp³-hybridized carbons (Fsp3) is 0.522. The molecule has 3 rings (SSSR count). The Morgan fingerprint density at radius 3 is 2.56 bits per heavy atom. The van der Waals surface area contributed by atoms with Crippen molar-refractivity contribution in [2.24, 2.45) is 10.7 Å². The molecule has 2 fully saturated rings. The number of nitrogens with zero attached hydrogens (tertiary/aromatic N) is 2. The molecule has 6 N–H and O–H groups in total. The molecule has 1 heterocycles. The fourth-order valence-corrected chi connectivity index (χ4v) is 3.95. The summed E-state index contributed by atoms with van der Waals surface area (Å²) in [5.41, 5.74) is 7.94. The van der Waals surface area contributed by atoms with Crippen LogP contribution in [0.2, 0.25) is 0 Å². The molecule has 0 atom stereocenters. The second-order valence-electron chi connectivity index (χ2n) is 8.26. The number of rotatable bonds is 8. The van der Waals surface area contributed by atoms with Gasteiger partial charge in [-0.1, -0.05) is 12.1 Å².